The second kappa shape index (κ2) is 3.50. The van der Waals surface area contributed by atoms with E-state index in [1.54, 1.807) is 0 Å². The third kappa shape index (κ3) is 1.61. The SMILES string of the molecule is O=C1CC=CC2=C1OC(CBr)C=C2. The molecule has 2 nitrogen and oxygen atoms in total. The summed E-state index contributed by atoms with van der Waals surface area (Å²) in [6, 6.07) is 0. The van der Waals surface area contributed by atoms with Crippen LogP contribution in [0.1, 0.15) is 6.42 Å². The lowest BCUT2D eigenvalue weighted by atomic mass is 10.0. The van der Waals surface area contributed by atoms with Crippen LogP contribution < -0.4 is 0 Å². The Kier molecular flexibility index (Phi) is 2.36. The Bertz CT molecular complexity index is 326. The molecule has 2 rings (SSSR count). The fourth-order valence-corrected chi connectivity index (χ4v) is 1.72. The summed E-state index contributed by atoms with van der Waals surface area (Å²) in [7, 11) is 0. The molecule has 0 radical (unpaired) electrons. The van der Waals surface area contributed by atoms with E-state index in [-0.39, 0.29) is 11.9 Å². The van der Waals surface area contributed by atoms with E-state index in [9.17, 15) is 4.79 Å². The number of alkyl halides is 1. The zero-order valence-electron chi connectivity index (χ0n) is 7.00. The fraction of sp³-hybridized carbons (Fsp3) is 0.300. The molecule has 3 heteroatoms. The van der Waals surface area contributed by atoms with Crippen molar-refractivity contribution in [1.29, 1.82) is 0 Å². The van der Waals surface area contributed by atoms with Gasteiger partial charge < -0.3 is 4.74 Å². The fourth-order valence-electron chi connectivity index (χ4n) is 1.37. The van der Waals surface area contributed by atoms with Crippen LogP contribution in [-0.2, 0) is 9.53 Å². The molecule has 0 amide bonds. The highest BCUT2D eigenvalue weighted by Crippen LogP contribution is 2.24. The number of carbonyl (C=O) groups is 1. The van der Waals surface area contributed by atoms with Crippen LogP contribution in [-0.4, -0.2) is 17.2 Å². The first-order valence-corrected chi connectivity index (χ1v) is 5.28. The normalized spacial score (nSPS) is 25.9. The molecule has 1 aliphatic carbocycles. The van der Waals surface area contributed by atoms with E-state index in [4.69, 9.17) is 4.74 Å². The molecule has 0 bridgehead atoms. The lowest BCUT2D eigenvalue weighted by Gasteiger charge is -2.22. The molecule has 0 spiro atoms. The Morgan fingerprint density at radius 3 is 3.15 bits per heavy atom. The van der Waals surface area contributed by atoms with Crippen molar-refractivity contribution in [3.8, 4) is 0 Å². The van der Waals surface area contributed by atoms with Crippen molar-refractivity contribution >= 4 is 21.7 Å². The predicted octanol–water partition coefficient (Wildman–Crippen LogP) is 2.12. The van der Waals surface area contributed by atoms with Crippen molar-refractivity contribution in [2.45, 2.75) is 12.5 Å². The monoisotopic (exact) mass is 240 g/mol. The van der Waals surface area contributed by atoms with Gasteiger partial charge >= 0.3 is 0 Å². The molecule has 0 N–H and O–H groups in total. The van der Waals surface area contributed by atoms with E-state index in [0.29, 0.717) is 12.2 Å². The average Bonchev–Trinajstić information content (AvgIpc) is 2.18. The van der Waals surface area contributed by atoms with Crippen molar-refractivity contribution < 1.29 is 9.53 Å². The van der Waals surface area contributed by atoms with Crippen LogP contribution in [0, 0.1) is 0 Å². The largest absolute Gasteiger partial charge is 0.481 e. The van der Waals surface area contributed by atoms with Crippen LogP contribution >= 0.6 is 15.9 Å². The van der Waals surface area contributed by atoms with Gasteiger partial charge in [-0.15, -0.1) is 0 Å². The number of halogens is 1. The molecule has 0 saturated carbocycles. The summed E-state index contributed by atoms with van der Waals surface area (Å²) in [5.74, 6) is 0.599. The van der Waals surface area contributed by atoms with Crippen LogP contribution in [0.25, 0.3) is 0 Å². The molecule has 0 saturated heterocycles. The average molecular weight is 241 g/mol. The molecule has 13 heavy (non-hydrogen) atoms. The molecule has 1 heterocycles. The third-order valence-corrected chi connectivity index (χ3v) is 2.67. The van der Waals surface area contributed by atoms with Crippen LogP contribution in [0.5, 0.6) is 0 Å². The summed E-state index contributed by atoms with van der Waals surface area (Å²) in [5.41, 5.74) is 0.897. The number of allylic oxidation sites excluding steroid dienone is 5. The number of ketones is 1. The Hall–Kier alpha value is -0.830. The van der Waals surface area contributed by atoms with Crippen molar-refractivity contribution in [3.63, 3.8) is 0 Å². The van der Waals surface area contributed by atoms with E-state index >= 15 is 0 Å². The minimum absolute atomic E-state index is 0.00537. The second-order valence-electron chi connectivity index (χ2n) is 2.98. The lowest BCUT2D eigenvalue weighted by Crippen LogP contribution is -2.21. The molecule has 0 fully saturated rings. The Labute approximate surface area is 85.1 Å². The highest BCUT2D eigenvalue weighted by molar-refractivity contribution is 9.09. The summed E-state index contributed by atoms with van der Waals surface area (Å²) in [4.78, 5) is 11.4. The molecule has 1 aliphatic heterocycles. The number of ether oxygens (including phenoxy) is 1. The first-order chi connectivity index (χ1) is 6.31. The summed E-state index contributed by atoms with van der Waals surface area (Å²) < 4.78 is 5.50. The van der Waals surface area contributed by atoms with E-state index in [0.717, 1.165) is 10.9 Å². The molecule has 1 atom stereocenters. The maximum Gasteiger partial charge on any atom is 0.201 e. The molecule has 68 valence electrons. The molecule has 2 aliphatic rings. The zero-order valence-corrected chi connectivity index (χ0v) is 8.58. The number of carbonyl (C=O) groups excluding carboxylic acids is 1. The number of rotatable bonds is 1. The molecular weight excluding hydrogens is 232 g/mol. The highest BCUT2D eigenvalue weighted by atomic mass is 79.9. The summed E-state index contributed by atoms with van der Waals surface area (Å²) >= 11 is 3.32. The Morgan fingerprint density at radius 2 is 2.38 bits per heavy atom. The molecule has 0 aromatic heterocycles. The maximum atomic E-state index is 11.4. The number of hydrogen-bond donors (Lipinski definition) is 0. The number of Topliss-reactive ketones (excluding diaryl/α,β-unsaturated/α-hetero) is 1. The van der Waals surface area contributed by atoms with Gasteiger partial charge in [0.2, 0.25) is 5.78 Å². The van der Waals surface area contributed by atoms with Gasteiger partial charge in [0.25, 0.3) is 0 Å². The van der Waals surface area contributed by atoms with Crippen molar-refractivity contribution in [1.82, 2.24) is 0 Å². The van der Waals surface area contributed by atoms with Gasteiger partial charge in [0, 0.05) is 17.3 Å². The summed E-state index contributed by atoms with van der Waals surface area (Å²) in [5, 5.41) is 0.720. The quantitative estimate of drug-likeness (QED) is 0.657. The van der Waals surface area contributed by atoms with E-state index < -0.39 is 0 Å². The van der Waals surface area contributed by atoms with Crippen LogP contribution in [0.2, 0.25) is 0 Å². The minimum atomic E-state index is -0.00537. The van der Waals surface area contributed by atoms with Gasteiger partial charge in [-0.05, 0) is 6.08 Å². The predicted molar refractivity (Wildman–Crippen MR) is 53.6 cm³/mol. The highest BCUT2D eigenvalue weighted by Gasteiger charge is 2.22. The lowest BCUT2D eigenvalue weighted by molar-refractivity contribution is -0.118. The summed E-state index contributed by atoms with van der Waals surface area (Å²) in [6.07, 6.45) is 8.14. The van der Waals surface area contributed by atoms with E-state index in [1.807, 2.05) is 24.3 Å². The van der Waals surface area contributed by atoms with Gasteiger partial charge in [-0.1, -0.05) is 34.2 Å². The Balaban J connectivity index is 2.29. The first-order valence-electron chi connectivity index (χ1n) is 4.16. The Morgan fingerprint density at radius 1 is 1.54 bits per heavy atom. The second-order valence-corrected chi connectivity index (χ2v) is 3.63. The van der Waals surface area contributed by atoms with Crippen LogP contribution in [0.3, 0.4) is 0 Å². The van der Waals surface area contributed by atoms with Gasteiger partial charge in [0.05, 0.1) is 0 Å². The molecule has 0 aromatic carbocycles. The van der Waals surface area contributed by atoms with Gasteiger partial charge in [0.15, 0.2) is 5.76 Å². The molecule has 1 unspecified atom stereocenters. The minimum Gasteiger partial charge on any atom is -0.481 e. The third-order valence-electron chi connectivity index (χ3n) is 2.03. The first kappa shape index (κ1) is 8.75. The zero-order chi connectivity index (χ0) is 9.26. The molecule has 0 aromatic rings. The van der Waals surface area contributed by atoms with Crippen LogP contribution in [0.15, 0.2) is 35.6 Å². The van der Waals surface area contributed by atoms with Gasteiger partial charge in [0.1, 0.15) is 6.10 Å². The van der Waals surface area contributed by atoms with Gasteiger partial charge in [-0.3, -0.25) is 4.79 Å². The van der Waals surface area contributed by atoms with Gasteiger partial charge in [-0.25, -0.2) is 0 Å². The van der Waals surface area contributed by atoms with Crippen molar-refractivity contribution in [3.05, 3.63) is 35.6 Å². The van der Waals surface area contributed by atoms with E-state index in [1.165, 1.54) is 0 Å². The smallest absolute Gasteiger partial charge is 0.201 e. The topological polar surface area (TPSA) is 26.3 Å². The maximum absolute atomic E-state index is 11.4. The van der Waals surface area contributed by atoms with Crippen molar-refractivity contribution in [2.24, 2.45) is 0 Å². The molecular formula is C10H9BrO2. The summed E-state index contributed by atoms with van der Waals surface area (Å²) in [6.45, 7) is 0. The number of hydrogen-bond acceptors (Lipinski definition) is 2. The van der Waals surface area contributed by atoms with Crippen LogP contribution in [0.4, 0.5) is 0 Å². The van der Waals surface area contributed by atoms with E-state index in [2.05, 4.69) is 15.9 Å². The van der Waals surface area contributed by atoms with Gasteiger partial charge in [-0.2, -0.15) is 0 Å². The van der Waals surface area contributed by atoms with Crippen molar-refractivity contribution in [2.75, 3.05) is 5.33 Å². The standard InChI is InChI=1S/C10H9BrO2/c11-6-8-5-4-7-2-1-3-9(12)10(7)13-8/h1-2,4-5,8H,3,6H2.